The van der Waals surface area contributed by atoms with E-state index in [4.69, 9.17) is 5.11 Å². The first kappa shape index (κ1) is 12.4. The molecule has 0 aromatic carbocycles. The Labute approximate surface area is 105 Å². The highest BCUT2D eigenvalue weighted by Gasteiger charge is 2.17. The fraction of sp³-hybridized carbons (Fsp3) is 0.500. The van der Waals surface area contributed by atoms with Crippen molar-refractivity contribution < 1.29 is 9.90 Å². The van der Waals surface area contributed by atoms with Crippen molar-refractivity contribution in [1.29, 1.82) is 0 Å². The van der Waals surface area contributed by atoms with E-state index < -0.39 is 0 Å². The highest BCUT2D eigenvalue weighted by molar-refractivity contribution is 7.99. The average molecular weight is 252 g/mol. The number of amides is 1. The fourth-order valence-electron chi connectivity index (χ4n) is 1.78. The molecule has 4 nitrogen and oxygen atoms in total. The SMILES string of the molecule is O=C(CSc1ccc(CO)cn1)N1CCCC1. The van der Waals surface area contributed by atoms with Crippen LogP contribution in [-0.2, 0) is 11.4 Å². The number of aromatic nitrogens is 1. The van der Waals surface area contributed by atoms with Gasteiger partial charge in [0, 0.05) is 19.3 Å². The van der Waals surface area contributed by atoms with Crippen molar-refractivity contribution in [3.05, 3.63) is 23.9 Å². The maximum absolute atomic E-state index is 11.8. The molecule has 1 saturated heterocycles. The Morgan fingerprint density at radius 2 is 2.18 bits per heavy atom. The predicted octanol–water partition coefficient (Wildman–Crippen LogP) is 1.29. The first-order valence-corrected chi connectivity index (χ1v) is 6.74. The minimum atomic E-state index is 0.00462. The monoisotopic (exact) mass is 252 g/mol. The number of carbonyl (C=O) groups is 1. The molecule has 0 unspecified atom stereocenters. The fourth-order valence-corrected chi connectivity index (χ4v) is 2.53. The second kappa shape index (κ2) is 6.02. The van der Waals surface area contributed by atoms with Gasteiger partial charge in [-0.3, -0.25) is 4.79 Å². The lowest BCUT2D eigenvalue weighted by Gasteiger charge is -2.14. The highest BCUT2D eigenvalue weighted by atomic mass is 32.2. The molecule has 1 aromatic rings. The van der Waals surface area contributed by atoms with Crippen LogP contribution in [0.25, 0.3) is 0 Å². The van der Waals surface area contributed by atoms with Crippen LogP contribution in [0.15, 0.2) is 23.4 Å². The molecule has 2 rings (SSSR count). The Morgan fingerprint density at radius 3 is 2.76 bits per heavy atom. The second-order valence-corrected chi connectivity index (χ2v) is 5.03. The lowest BCUT2D eigenvalue weighted by atomic mass is 10.3. The standard InChI is InChI=1S/C12H16N2O2S/c15-8-10-3-4-11(13-7-10)17-9-12(16)14-5-1-2-6-14/h3-4,7,15H,1-2,5-6,8-9H2. The van der Waals surface area contributed by atoms with E-state index in [0.29, 0.717) is 5.75 Å². The van der Waals surface area contributed by atoms with E-state index in [0.717, 1.165) is 36.5 Å². The Hall–Kier alpha value is -1.07. The molecule has 1 aromatic heterocycles. The molecule has 0 bridgehead atoms. The third-order valence-electron chi connectivity index (χ3n) is 2.78. The molecule has 1 aliphatic heterocycles. The smallest absolute Gasteiger partial charge is 0.232 e. The summed E-state index contributed by atoms with van der Waals surface area (Å²) < 4.78 is 0. The van der Waals surface area contributed by atoms with E-state index in [9.17, 15) is 4.79 Å². The van der Waals surface area contributed by atoms with Crippen LogP contribution in [0.3, 0.4) is 0 Å². The van der Waals surface area contributed by atoms with Crippen LogP contribution in [-0.4, -0.2) is 39.7 Å². The summed E-state index contributed by atoms with van der Waals surface area (Å²) in [5, 5.41) is 9.71. The van der Waals surface area contributed by atoms with Gasteiger partial charge in [-0.05, 0) is 24.5 Å². The number of rotatable bonds is 4. The van der Waals surface area contributed by atoms with E-state index in [1.165, 1.54) is 11.8 Å². The highest BCUT2D eigenvalue weighted by Crippen LogP contribution is 2.17. The molecular weight excluding hydrogens is 236 g/mol. The van der Waals surface area contributed by atoms with Gasteiger partial charge in [0.15, 0.2) is 0 Å². The topological polar surface area (TPSA) is 53.4 Å². The molecule has 92 valence electrons. The summed E-state index contributed by atoms with van der Waals surface area (Å²) in [4.78, 5) is 17.9. The molecule has 17 heavy (non-hydrogen) atoms. The summed E-state index contributed by atoms with van der Waals surface area (Å²) in [6, 6.07) is 3.67. The summed E-state index contributed by atoms with van der Waals surface area (Å²) in [7, 11) is 0. The van der Waals surface area contributed by atoms with Gasteiger partial charge in [-0.25, -0.2) is 4.98 Å². The molecule has 0 aliphatic carbocycles. The van der Waals surface area contributed by atoms with E-state index in [1.807, 2.05) is 17.0 Å². The van der Waals surface area contributed by atoms with Crippen molar-refractivity contribution in [2.45, 2.75) is 24.5 Å². The summed E-state index contributed by atoms with van der Waals surface area (Å²) in [6.07, 6.45) is 3.89. The van der Waals surface area contributed by atoms with Crippen molar-refractivity contribution in [3.63, 3.8) is 0 Å². The van der Waals surface area contributed by atoms with Crippen LogP contribution in [0, 0.1) is 0 Å². The van der Waals surface area contributed by atoms with Gasteiger partial charge in [0.05, 0.1) is 17.4 Å². The molecule has 0 radical (unpaired) electrons. The average Bonchev–Trinajstić information content (AvgIpc) is 2.90. The molecule has 0 spiro atoms. The molecule has 0 atom stereocenters. The first-order valence-electron chi connectivity index (χ1n) is 5.76. The zero-order valence-electron chi connectivity index (χ0n) is 9.63. The predicted molar refractivity (Wildman–Crippen MR) is 66.7 cm³/mol. The van der Waals surface area contributed by atoms with Gasteiger partial charge < -0.3 is 10.0 Å². The van der Waals surface area contributed by atoms with Crippen molar-refractivity contribution in [2.75, 3.05) is 18.8 Å². The summed E-state index contributed by atoms with van der Waals surface area (Å²) >= 11 is 1.45. The molecule has 2 heterocycles. The number of aliphatic hydroxyl groups is 1. The number of hydrogen-bond acceptors (Lipinski definition) is 4. The first-order chi connectivity index (χ1) is 8.29. The Balaban J connectivity index is 1.82. The van der Waals surface area contributed by atoms with Crippen LogP contribution in [0.2, 0.25) is 0 Å². The molecule has 1 fully saturated rings. The van der Waals surface area contributed by atoms with Gasteiger partial charge in [-0.2, -0.15) is 0 Å². The van der Waals surface area contributed by atoms with E-state index in [-0.39, 0.29) is 12.5 Å². The van der Waals surface area contributed by atoms with Crippen molar-refractivity contribution in [1.82, 2.24) is 9.88 Å². The van der Waals surface area contributed by atoms with Gasteiger partial charge in [-0.1, -0.05) is 17.8 Å². The summed E-state index contributed by atoms with van der Waals surface area (Å²) in [5.74, 6) is 0.645. The number of aliphatic hydroxyl groups excluding tert-OH is 1. The lowest BCUT2D eigenvalue weighted by Crippen LogP contribution is -2.29. The molecular formula is C12H16N2O2S. The molecule has 1 N–H and O–H groups in total. The van der Waals surface area contributed by atoms with E-state index >= 15 is 0 Å². The number of thioether (sulfide) groups is 1. The van der Waals surface area contributed by atoms with Crippen molar-refractivity contribution in [2.24, 2.45) is 0 Å². The minimum absolute atomic E-state index is 0.00462. The summed E-state index contributed by atoms with van der Waals surface area (Å²) in [6.45, 7) is 1.80. The van der Waals surface area contributed by atoms with Gasteiger partial charge in [0.25, 0.3) is 0 Å². The number of nitrogens with zero attached hydrogens (tertiary/aromatic N) is 2. The number of likely N-dealkylation sites (tertiary alicyclic amines) is 1. The van der Waals surface area contributed by atoms with Gasteiger partial charge in [0.2, 0.25) is 5.91 Å². The quantitative estimate of drug-likeness (QED) is 0.820. The Morgan fingerprint density at radius 1 is 1.41 bits per heavy atom. The van der Waals surface area contributed by atoms with Crippen LogP contribution >= 0.6 is 11.8 Å². The van der Waals surface area contributed by atoms with Crippen molar-refractivity contribution in [3.8, 4) is 0 Å². The third kappa shape index (κ3) is 3.44. The normalized spacial score (nSPS) is 15.2. The number of pyridine rings is 1. The van der Waals surface area contributed by atoms with Crippen LogP contribution in [0.1, 0.15) is 18.4 Å². The van der Waals surface area contributed by atoms with Crippen LogP contribution in [0.4, 0.5) is 0 Å². The number of carbonyl (C=O) groups excluding carboxylic acids is 1. The number of hydrogen-bond donors (Lipinski definition) is 1. The minimum Gasteiger partial charge on any atom is -0.392 e. The maximum atomic E-state index is 11.8. The van der Waals surface area contributed by atoms with Gasteiger partial charge in [-0.15, -0.1) is 0 Å². The summed E-state index contributed by atoms with van der Waals surface area (Å²) in [5.41, 5.74) is 0.792. The zero-order chi connectivity index (χ0) is 12.1. The molecule has 5 heteroatoms. The second-order valence-electron chi connectivity index (χ2n) is 4.04. The van der Waals surface area contributed by atoms with Gasteiger partial charge in [0.1, 0.15) is 0 Å². The van der Waals surface area contributed by atoms with Gasteiger partial charge >= 0.3 is 0 Å². The lowest BCUT2D eigenvalue weighted by molar-refractivity contribution is -0.127. The molecule has 1 aliphatic rings. The Bertz CT molecular complexity index is 375. The zero-order valence-corrected chi connectivity index (χ0v) is 10.4. The largest absolute Gasteiger partial charge is 0.392 e. The molecule has 1 amide bonds. The Kier molecular flexibility index (Phi) is 4.39. The third-order valence-corrected chi connectivity index (χ3v) is 3.71. The van der Waals surface area contributed by atoms with Crippen LogP contribution < -0.4 is 0 Å². The van der Waals surface area contributed by atoms with Crippen molar-refractivity contribution >= 4 is 17.7 Å². The molecule has 0 saturated carbocycles. The van der Waals surface area contributed by atoms with E-state index in [1.54, 1.807) is 6.20 Å². The maximum Gasteiger partial charge on any atom is 0.232 e. The van der Waals surface area contributed by atoms with E-state index in [2.05, 4.69) is 4.98 Å². The van der Waals surface area contributed by atoms with Crippen LogP contribution in [0.5, 0.6) is 0 Å².